The van der Waals surface area contributed by atoms with Gasteiger partial charge in [-0.2, -0.15) is 0 Å². The molecule has 2 rings (SSSR count). The minimum atomic E-state index is -0.341. The summed E-state index contributed by atoms with van der Waals surface area (Å²) in [6.07, 6.45) is -0.341. The van der Waals surface area contributed by atoms with Crippen molar-refractivity contribution in [3.8, 4) is 0 Å². The number of benzene rings is 2. The molecule has 0 aliphatic carbocycles. The van der Waals surface area contributed by atoms with Crippen LogP contribution in [0.5, 0.6) is 0 Å². The van der Waals surface area contributed by atoms with Crippen molar-refractivity contribution in [2.45, 2.75) is 27.4 Å². The molecule has 0 bridgehead atoms. The number of hydrogen-bond acceptors (Lipinski definition) is 2. The molecule has 1 unspecified atom stereocenters. The van der Waals surface area contributed by atoms with E-state index in [-0.39, 0.29) is 19.3 Å². The lowest BCUT2D eigenvalue weighted by molar-refractivity contribution is 0.101. The highest BCUT2D eigenvalue weighted by atomic mass is 16.3. The second-order valence-electron chi connectivity index (χ2n) is 4.01. The predicted molar refractivity (Wildman–Crippen MR) is 80.3 cm³/mol. The molecule has 0 fully saturated rings. The second kappa shape index (κ2) is 9.06. The lowest BCUT2D eigenvalue weighted by atomic mass is 10.1. The molecule has 1 N–H and O–H groups in total. The van der Waals surface area contributed by atoms with E-state index in [1.807, 2.05) is 60.7 Å². The number of carbonyl (C=O) groups is 1. The first kappa shape index (κ1) is 17.1. The molecule has 0 saturated carbocycles. The zero-order chi connectivity index (χ0) is 13.4. The Kier molecular flexibility index (Phi) is 8.14. The number of aliphatic hydroxyl groups excluding tert-OH is 1. The van der Waals surface area contributed by atoms with Gasteiger partial charge in [-0.15, -0.1) is 0 Å². The fourth-order valence-electron chi connectivity index (χ4n) is 1.40. The molecule has 0 spiro atoms. The van der Waals surface area contributed by atoms with Crippen molar-refractivity contribution in [2.24, 2.45) is 0 Å². The maximum atomic E-state index is 10.6. The van der Waals surface area contributed by atoms with E-state index < -0.39 is 0 Å². The molecule has 2 aromatic carbocycles. The van der Waals surface area contributed by atoms with E-state index in [2.05, 4.69) is 0 Å². The van der Waals surface area contributed by atoms with Crippen LogP contribution in [0.15, 0.2) is 60.7 Å². The normalized spacial score (nSPS) is 10.5. The van der Waals surface area contributed by atoms with Gasteiger partial charge in [-0.05, 0) is 19.4 Å². The standard InChI is InChI=1S/C8H10O.C8H8O.CH4/c2*1-7(9)8-5-3-2-4-6-8;/h2-7,9H,1H3;2-6H,1H3;1H4. The van der Waals surface area contributed by atoms with E-state index >= 15 is 0 Å². The Bertz CT molecular complexity index is 461. The minimum Gasteiger partial charge on any atom is -0.389 e. The fourth-order valence-corrected chi connectivity index (χ4v) is 1.40. The van der Waals surface area contributed by atoms with Gasteiger partial charge in [0.1, 0.15) is 0 Å². The Morgan fingerprint density at radius 2 is 1.37 bits per heavy atom. The van der Waals surface area contributed by atoms with Crippen molar-refractivity contribution >= 4 is 5.78 Å². The molecule has 2 nitrogen and oxygen atoms in total. The summed E-state index contributed by atoms with van der Waals surface area (Å²) in [5, 5.41) is 9.02. The van der Waals surface area contributed by atoms with Crippen LogP contribution in [0, 0.1) is 0 Å². The van der Waals surface area contributed by atoms with Crippen LogP contribution in [0.2, 0.25) is 0 Å². The largest absolute Gasteiger partial charge is 0.389 e. The zero-order valence-electron chi connectivity index (χ0n) is 10.7. The molecule has 0 amide bonds. The van der Waals surface area contributed by atoms with Gasteiger partial charge in [-0.25, -0.2) is 0 Å². The lowest BCUT2D eigenvalue weighted by Gasteiger charge is -2.00. The number of hydrogen-bond donors (Lipinski definition) is 1. The summed E-state index contributed by atoms with van der Waals surface area (Å²) in [7, 11) is 0. The first-order valence-electron chi connectivity index (χ1n) is 5.90. The number of Topliss-reactive ketones (excluding diaryl/α,β-unsaturated/α-hetero) is 1. The molecule has 19 heavy (non-hydrogen) atoms. The molecule has 2 aromatic rings. The van der Waals surface area contributed by atoms with Crippen LogP contribution < -0.4 is 0 Å². The van der Waals surface area contributed by atoms with Gasteiger partial charge in [-0.3, -0.25) is 4.79 Å². The molecular weight excluding hydrogens is 236 g/mol. The van der Waals surface area contributed by atoms with E-state index in [1.165, 1.54) is 0 Å². The number of ketones is 1. The molecular formula is C17H22O2. The Balaban J connectivity index is 0.000000324. The average Bonchev–Trinajstić information content (AvgIpc) is 2.41. The minimum absolute atomic E-state index is 0. The summed E-state index contributed by atoms with van der Waals surface area (Å²) < 4.78 is 0. The Labute approximate surface area is 115 Å². The maximum Gasteiger partial charge on any atom is 0.159 e. The molecule has 0 heterocycles. The van der Waals surface area contributed by atoms with Gasteiger partial charge in [0.15, 0.2) is 5.78 Å². The first-order valence-corrected chi connectivity index (χ1v) is 5.90. The van der Waals surface area contributed by atoms with Crippen molar-refractivity contribution in [1.82, 2.24) is 0 Å². The van der Waals surface area contributed by atoms with E-state index in [0.29, 0.717) is 0 Å². The monoisotopic (exact) mass is 258 g/mol. The van der Waals surface area contributed by atoms with E-state index in [4.69, 9.17) is 5.11 Å². The summed E-state index contributed by atoms with van der Waals surface area (Å²) in [6, 6.07) is 18.8. The van der Waals surface area contributed by atoms with Gasteiger partial charge in [0, 0.05) is 5.56 Å². The van der Waals surface area contributed by atoms with E-state index in [9.17, 15) is 4.79 Å². The van der Waals surface area contributed by atoms with Gasteiger partial charge in [0.25, 0.3) is 0 Å². The molecule has 102 valence electrons. The van der Waals surface area contributed by atoms with Crippen LogP contribution in [0.4, 0.5) is 0 Å². The van der Waals surface area contributed by atoms with Gasteiger partial charge >= 0.3 is 0 Å². The van der Waals surface area contributed by atoms with Gasteiger partial charge < -0.3 is 5.11 Å². The quantitative estimate of drug-likeness (QED) is 0.817. The molecule has 0 saturated heterocycles. The molecule has 2 heteroatoms. The molecule has 0 aromatic heterocycles. The maximum absolute atomic E-state index is 10.6. The smallest absolute Gasteiger partial charge is 0.159 e. The Morgan fingerprint density at radius 3 is 1.63 bits per heavy atom. The van der Waals surface area contributed by atoms with Crippen molar-refractivity contribution in [1.29, 1.82) is 0 Å². The van der Waals surface area contributed by atoms with Crippen LogP contribution in [-0.4, -0.2) is 10.9 Å². The van der Waals surface area contributed by atoms with E-state index in [1.54, 1.807) is 13.8 Å². The number of rotatable bonds is 2. The van der Waals surface area contributed by atoms with Crippen molar-refractivity contribution < 1.29 is 9.90 Å². The predicted octanol–water partition coefficient (Wildman–Crippen LogP) is 4.27. The number of aliphatic hydroxyl groups is 1. The Hall–Kier alpha value is -1.93. The van der Waals surface area contributed by atoms with Crippen molar-refractivity contribution in [2.75, 3.05) is 0 Å². The third-order valence-electron chi connectivity index (χ3n) is 2.46. The van der Waals surface area contributed by atoms with Crippen LogP contribution in [-0.2, 0) is 0 Å². The van der Waals surface area contributed by atoms with Crippen LogP contribution >= 0.6 is 0 Å². The average molecular weight is 258 g/mol. The fraction of sp³-hybridized carbons (Fsp3) is 0.235. The summed E-state index contributed by atoms with van der Waals surface area (Å²) in [5.41, 5.74) is 1.75. The second-order valence-corrected chi connectivity index (χ2v) is 4.01. The van der Waals surface area contributed by atoms with Gasteiger partial charge in [0.05, 0.1) is 6.10 Å². The first-order chi connectivity index (χ1) is 8.61. The summed E-state index contributed by atoms with van der Waals surface area (Å²) in [4.78, 5) is 10.6. The highest BCUT2D eigenvalue weighted by molar-refractivity contribution is 5.93. The highest BCUT2D eigenvalue weighted by Crippen LogP contribution is 2.09. The van der Waals surface area contributed by atoms with E-state index in [0.717, 1.165) is 11.1 Å². The van der Waals surface area contributed by atoms with Crippen molar-refractivity contribution in [3.63, 3.8) is 0 Å². The van der Waals surface area contributed by atoms with Crippen LogP contribution in [0.1, 0.15) is 43.3 Å². The van der Waals surface area contributed by atoms with Crippen LogP contribution in [0.25, 0.3) is 0 Å². The van der Waals surface area contributed by atoms with Crippen LogP contribution in [0.3, 0.4) is 0 Å². The summed E-state index contributed by atoms with van der Waals surface area (Å²) in [5.74, 6) is 0.121. The third kappa shape index (κ3) is 6.53. The topological polar surface area (TPSA) is 37.3 Å². The van der Waals surface area contributed by atoms with Crippen molar-refractivity contribution in [3.05, 3.63) is 71.8 Å². The van der Waals surface area contributed by atoms with Gasteiger partial charge in [-0.1, -0.05) is 68.1 Å². The molecule has 0 aliphatic rings. The SMILES string of the molecule is C.CC(=O)c1ccccc1.CC(O)c1ccccc1. The third-order valence-corrected chi connectivity index (χ3v) is 2.46. The van der Waals surface area contributed by atoms with Gasteiger partial charge in [0.2, 0.25) is 0 Å². The number of carbonyl (C=O) groups excluding carboxylic acids is 1. The molecule has 1 atom stereocenters. The highest BCUT2D eigenvalue weighted by Gasteiger charge is 1.95. The lowest BCUT2D eigenvalue weighted by Crippen LogP contribution is -1.88. The summed E-state index contributed by atoms with van der Waals surface area (Å²) in [6.45, 7) is 3.32. The zero-order valence-corrected chi connectivity index (χ0v) is 10.7. The molecule has 0 radical (unpaired) electrons. The summed E-state index contributed by atoms with van der Waals surface area (Å²) >= 11 is 0. The molecule has 0 aliphatic heterocycles. The Morgan fingerprint density at radius 1 is 0.947 bits per heavy atom.